The van der Waals surface area contributed by atoms with E-state index in [4.69, 9.17) is 9.72 Å². The largest absolute Gasteiger partial charge is 0.424 e. The van der Waals surface area contributed by atoms with Crippen LogP contribution in [0.2, 0.25) is 0 Å². The molecule has 1 atom stereocenters. The number of amides is 1. The Kier molecular flexibility index (Phi) is 6.20. The molecule has 0 spiro atoms. The fraction of sp³-hybridized carbons (Fsp3) is 0.192. The molecule has 1 fully saturated rings. The number of hydrogen-bond acceptors (Lipinski definition) is 6. The standard InChI is InChI=1S/C26H22FN5O2/c27-20-7-1-5-18(13-20)14-21-16-28-17-23(31-21)24-9-3-12-32(24)25(33)19-6-2-8-22(15-19)34-26-29-10-4-11-30-26/h1-2,4-8,10-11,13,15-17,24H,3,9,12,14H2. The molecule has 0 aliphatic carbocycles. The number of likely N-dealkylation sites (tertiary alicyclic amines) is 1. The smallest absolute Gasteiger partial charge is 0.321 e. The van der Waals surface area contributed by atoms with Crippen LogP contribution in [0, 0.1) is 5.82 Å². The van der Waals surface area contributed by atoms with Crippen LogP contribution in [0.15, 0.2) is 79.4 Å². The molecule has 3 heterocycles. The number of aromatic nitrogens is 4. The average Bonchev–Trinajstić information content (AvgIpc) is 3.35. The second-order valence-corrected chi connectivity index (χ2v) is 8.06. The lowest BCUT2D eigenvalue weighted by atomic mass is 10.1. The SMILES string of the molecule is O=C(c1cccc(Oc2ncccn2)c1)N1CCCC1c1cncc(Cc2cccc(F)c2)n1. The van der Waals surface area contributed by atoms with Gasteiger partial charge in [-0.1, -0.05) is 18.2 Å². The predicted octanol–water partition coefficient (Wildman–Crippen LogP) is 4.77. The Hall–Kier alpha value is -4.20. The number of benzene rings is 2. The highest BCUT2D eigenvalue weighted by molar-refractivity contribution is 5.95. The Morgan fingerprint density at radius 3 is 2.76 bits per heavy atom. The van der Waals surface area contributed by atoms with Crippen LogP contribution in [0.1, 0.15) is 46.2 Å². The quantitative estimate of drug-likeness (QED) is 0.417. The molecule has 1 saturated heterocycles. The molecule has 0 N–H and O–H groups in total. The third-order valence-electron chi connectivity index (χ3n) is 5.66. The molecule has 5 rings (SSSR count). The van der Waals surface area contributed by atoms with Gasteiger partial charge in [-0.25, -0.2) is 14.4 Å². The van der Waals surface area contributed by atoms with Gasteiger partial charge in [0, 0.05) is 37.1 Å². The van der Waals surface area contributed by atoms with Crippen molar-refractivity contribution in [2.75, 3.05) is 6.54 Å². The molecule has 7 nitrogen and oxygen atoms in total. The van der Waals surface area contributed by atoms with Gasteiger partial charge in [-0.15, -0.1) is 0 Å². The minimum absolute atomic E-state index is 0.0979. The van der Waals surface area contributed by atoms with Gasteiger partial charge in [0.15, 0.2) is 0 Å². The van der Waals surface area contributed by atoms with Gasteiger partial charge >= 0.3 is 6.01 Å². The topological polar surface area (TPSA) is 81.1 Å². The molecule has 170 valence electrons. The highest BCUT2D eigenvalue weighted by atomic mass is 19.1. The number of ether oxygens (including phenoxy) is 1. The lowest BCUT2D eigenvalue weighted by molar-refractivity contribution is 0.0732. The van der Waals surface area contributed by atoms with Crippen molar-refractivity contribution in [3.63, 3.8) is 0 Å². The molecule has 0 bridgehead atoms. The summed E-state index contributed by atoms with van der Waals surface area (Å²) in [5, 5.41) is 0. The zero-order chi connectivity index (χ0) is 23.3. The Balaban J connectivity index is 1.34. The van der Waals surface area contributed by atoms with Crippen LogP contribution < -0.4 is 4.74 Å². The maximum Gasteiger partial charge on any atom is 0.321 e. The first-order chi connectivity index (χ1) is 16.7. The van der Waals surface area contributed by atoms with E-state index in [2.05, 4.69) is 15.0 Å². The maximum absolute atomic E-state index is 13.6. The van der Waals surface area contributed by atoms with E-state index in [1.165, 1.54) is 12.1 Å². The lowest BCUT2D eigenvalue weighted by Crippen LogP contribution is -2.31. The molecule has 8 heteroatoms. The van der Waals surface area contributed by atoms with Crippen molar-refractivity contribution in [3.8, 4) is 11.8 Å². The monoisotopic (exact) mass is 455 g/mol. The van der Waals surface area contributed by atoms with Crippen molar-refractivity contribution in [2.24, 2.45) is 0 Å². The number of carbonyl (C=O) groups is 1. The van der Waals surface area contributed by atoms with Crippen molar-refractivity contribution in [1.82, 2.24) is 24.8 Å². The van der Waals surface area contributed by atoms with Crippen molar-refractivity contribution < 1.29 is 13.9 Å². The molecule has 4 aromatic rings. The molecule has 1 aliphatic rings. The summed E-state index contributed by atoms with van der Waals surface area (Å²) >= 11 is 0. The van der Waals surface area contributed by atoms with Crippen molar-refractivity contribution in [3.05, 3.63) is 108 Å². The number of halogens is 1. The van der Waals surface area contributed by atoms with Gasteiger partial charge in [0.1, 0.15) is 11.6 Å². The lowest BCUT2D eigenvalue weighted by Gasteiger charge is -2.24. The predicted molar refractivity (Wildman–Crippen MR) is 123 cm³/mol. The molecule has 1 unspecified atom stereocenters. The summed E-state index contributed by atoms with van der Waals surface area (Å²) in [7, 11) is 0. The molecule has 2 aromatic carbocycles. The van der Waals surface area contributed by atoms with E-state index in [-0.39, 0.29) is 23.8 Å². The number of hydrogen-bond donors (Lipinski definition) is 0. The summed E-state index contributed by atoms with van der Waals surface area (Å²) in [6.07, 6.45) is 8.73. The summed E-state index contributed by atoms with van der Waals surface area (Å²) in [4.78, 5) is 32.4. The highest BCUT2D eigenvalue weighted by Crippen LogP contribution is 2.32. The van der Waals surface area contributed by atoms with Crippen molar-refractivity contribution in [1.29, 1.82) is 0 Å². The van der Waals surface area contributed by atoms with Gasteiger partial charge < -0.3 is 9.64 Å². The molecule has 34 heavy (non-hydrogen) atoms. The minimum atomic E-state index is -0.279. The van der Waals surface area contributed by atoms with E-state index >= 15 is 0 Å². The van der Waals surface area contributed by atoms with Crippen molar-refractivity contribution >= 4 is 5.91 Å². The second-order valence-electron chi connectivity index (χ2n) is 8.06. The highest BCUT2D eigenvalue weighted by Gasteiger charge is 2.32. The van der Waals surface area contributed by atoms with E-state index in [1.54, 1.807) is 61.2 Å². The summed E-state index contributed by atoms with van der Waals surface area (Å²) in [6, 6.07) is 15.2. The van der Waals surface area contributed by atoms with Gasteiger partial charge in [0.25, 0.3) is 5.91 Å². The summed E-state index contributed by atoms with van der Waals surface area (Å²) in [6.45, 7) is 0.631. The Morgan fingerprint density at radius 2 is 1.91 bits per heavy atom. The Labute approximate surface area is 196 Å². The molecule has 1 amide bonds. The fourth-order valence-electron chi connectivity index (χ4n) is 4.14. The number of nitrogens with zero attached hydrogens (tertiary/aromatic N) is 5. The summed E-state index contributed by atoms with van der Waals surface area (Å²) < 4.78 is 19.2. The fourth-order valence-corrected chi connectivity index (χ4v) is 4.14. The summed E-state index contributed by atoms with van der Waals surface area (Å²) in [5.41, 5.74) is 2.82. The third kappa shape index (κ3) is 4.91. The third-order valence-corrected chi connectivity index (χ3v) is 5.66. The molecule has 1 aliphatic heterocycles. The van der Waals surface area contributed by atoms with Gasteiger partial charge in [-0.2, -0.15) is 0 Å². The molecule has 0 saturated carbocycles. The van der Waals surface area contributed by atoms with E-state index < -0.39 is 0 Å². The maximum atomic E-state index is 13.6. The van der Waals surface area contributed by atoms with Crippen LogP contribution >= 0.6 is 0 Å². The molecular weight excluding hydrogens is 433 g/mol. The zero-order valence-corrected chi connectivity index (χ0v) is 18.3. The average molecular weight is 455 g/mol. The first-order valence-electron chi connectivity index (χ1n) is 11.1. The van der Waals surface area contributed by atoms with Crippen LogP contribution in [0.25, 0.3) is 0 Å². The van der Waals surface area contributed by atoms with Gasteiger partial charge in [0.2, 0.25) is 0 Å². The number of rotatable bonds is 6. The van der Waals surface area contributed by atoms with E-state index in [0.29, 0.717) is 24.3 Å². The minimum Gasteiger partial charge on any atom is -0.424 e. The molecule has 0 radical (unpaired) electrons. The van der Waals surface area contributed by atoms with Gasteiger partial charge in [-0.3, -0.25) is 14.8 Å². The second kappa shape index (κ2) is 9.74. The van der Waals surface area contributed by atoms with Gasteiger partial charge in [0.05, 0.1) is 23.6 Å². The van der Waals surface area contributed by atoms with Gasteiger partial charge in [-0.05, 0) is 54.8 Å². The van der Waals surface area contributed by atoms with E-state index in [0.717, 1.165) is 29.8 Å². The normalized spacial score (nSPS) is 15.3. The first-order valence-corrected chi connectivity index (χ1v) is 11.1. The van der Waals surface area contributed by atoms with Crippen LogP contribution in [-0.4, -0.2) is 37.3 Å². The molecule has 2 aromatic heterocycles. The van der Waals surface area contributed by atoms with Crippen molar-refractivity contribution in [2.45, 2.75) is 25.3 Å². The van der Waals surface area contributed by atoms with E-state index in [9.17, 15) is 9.18 Å². The van der Waals surface area contributed by atoms with Crippen LogP contribution in [0.4, 0.5) is 4.39 Å². The number of carbonyl (C=O) groups excluding carboxylic acids is 1. The zero-order valence-electron chi connectivity index (χ0n) is 18.3. The van der Waals surface area contributed by atoms with Crippen LogP contribution in [0.5, 0.6) is 11.8 Å². The Morgan fingerprint density at radius 1 is 1.06 bits per heavy atom. The first kappa shape index (κ1) is 21.6. The van der Waals surface area contributed by atoms with Crippen LogP contribution in [0.3, 0.4) is 0 Å². The van der Waals surface area contributed by atoms with Crippen LogP contribution in [-0.2, 0) is 6.42 Å². The van der Waals surface area contributed by atoms with E-state index in [1.807, 2.05) is 11.0 Å². The Bertz CT molecular complexity index is 1300. The molecular formula is C26H22FN5O2. The summed E-state index contributed by atoms with van der Waals surface area (Å²) in [5.74, 6) is 0.114.